The Morgan fingerprint density at radius 2 is 2.06 bits per heavy atom. The van der Waals surface area contributed by atoms with E-state index in [0.717, 1.165) is 12.8 Å². The average molecular weight is 248 g/mol. The van der Waals surface area contributed by atoms with Crippen LogP contribution >= 0.6 is 0 Å². The molecule has 0 radical (unpaired) electrons. The Labute approximate surface area is 99.2 Å². The van der Waals surface area contributed by atoms with Crippen LogP contribution in [0.15, 0.2) is 0 Å². The van der Waals surface area contributed by atoms with E-state index in [-0.39, 0.29) is 17.7 Å². The smallest absolute Gasteiger partial charge is 0.214 e. The fraction of sp³-hybridized carbons (Fsp3) is 1.00. The largest absolute Gasteiger partial charge is 0.329 e. The van der Waals surface area contributed by atoms with Crippen molar-refractivity contribution < 1.29 is 8.42 Å². The highest BCUT2D eigenvalue weighted by molar-refractivity contribution is 7.89. The second-order valence-corrected chi connectivity index (χ2v) is 7.27. The fourth-order valence-electron chi connectivity index (χ4n) is 2.33. The van der Waals surface area contributed by atoms with Crippen molar-refractivity contribution in [3.05, 3.63) is 0 Å². The Kier molecular flexibility index (Phi) is 4.76. The van der Waals surface area contributed by atoms with Gasteiger partial charge in [0.05, 0.1) is 5.75 Å². The first-order valence-corrected chi connectivity index (χ1v) is 7.67. The summed E-state index contributed by atoms with van der Waals surface area (Å²) in [6, 6.07) is 0.00694. The quantitative estimate of drug-likeness (QED) is 0.808. The van der Waals surface area contributed by atoms with Crippen LogP contribution in [-0.2, 0) is 10.0 Å². The van der Waals surface area contributed by atoms with Crippen LogP contribution in [0.25, 0.3) is 0 Å². The molecule has 2 unspecified atom stereocenters. The van der Waals surface area contributed by atoms with E-state index in [2.05, 4.69) is 6.92 Å². The Morgan fingerprint density at radius 3 is 2.56 bits per heavy atom. The molecule has 0 spiro atoms. The molecule has 0 aromatic rings. The molecule has 1 aliphatic rings. The molecule has 0 amide bonds. The third-order valence-corrected chi connectivity index (χ3v) is 5.38. The van der Waals surface area contributed by atoms with Crippen molar-refractivity contribution in [2.75, 3.05) is 18.8 Å². The number of sulfonamides is 1. The molecule has 0 bridgehead atoms. The van der Waals surface area contributed by atoms with Crippen LogP contribution < -0.4 is 5.73 Å². The van der Waals surface area contributed by atoms with Gasteiger partial charge in [-0.3, -0.25) is 0 Å². The van der Waals surface area contributed by atoms with Crippen molar-refractivity contribution in [2.24, 2.45) is 17.6 Å². The monoisotopic (exact) mass is 248 g/mol. The molecule has 1 saturated heterocycles. The summed E-state index contributed by atoms with van der Waals surface area (Å²) in [5, 5.41) is 0. The molecule has 16 heavy (non-hydrogen) atoms. The summed E-state index contributed by atoms with van der Waals surface area (Å²) >= 11 is 0. The predicted molar refractivity (Wildman–Crippen MR) is 66.6 cm³/mol. The second kappa shape index (κ2) is 5.47. The Morgan fingerprint density at radius 1 is 1.44 bits per heavy atom. The van der Waals surface area contributed by atoms with Crippen LogP contribution in [0.2, 0.25) is 0 Å². The summed E-state index contributed by atoms with van der Waals surface area (Å²) in [7, 11) is -3.11. The van der Waals surface area contributed by atoms with Crippen LogP contribution in [0.4, 0.5) is 0 Å². The molecular weight excluding hydrogens is 224 g/mol. The first-order chi connectivity index (χ1) is 7.36. The number of hydrogen-bond acceptors (Lipinski definition) is 3. The molecule has 0 aromatic carbocycles. The number of rotatable bonds is 4. The summed E-state index contributed by atoms with van der Waals surface area (Å²) in [6.07, 6.45) is 1.85. The zero-order valence-electron chi connectivity index (χ0n) is 10.5. The van der Waals surface area contributed by atoms with Crippen LogP contribution in [0, 0.1) is 11.8 Å². The van der Waals surface area contributed by atoms with Crippen LogP contribution in [-0.4, -0.2) is 37.6 Å². The third kappa shape index (κ3) is 3.43. The van der Waals surface area contributed by atoms with E-state index in [4.69, 9.17) is 5.73 Å². The molecule has 4 nitrogen and oxygen atoms in total. The highest BCUT2D eigenvalue weighted by Gasteiger charge is 2.33. The maximum Gasteiger partial charge on any atom is 0.214 e. The van der Waals surface area contributed by atoms with E-state index in [0.29, 0.717) is 19.0 Å². The lowest BCUT2D eigenvalue weighted by Crippen LogP contribution is -2.50. The minimum Gasteiger partial charge on any atom is -0.329 e. The molecule has 2 N–H and O–H groups in total. The highest BCUT2D eigenvalue weighted by Crippen LogP contribution is 2.25. The minimum atomic E-state index is -3.11. The number of nitrogens with two attached hydrogens (primary N) is 1. The van der Waals surface area contributed by atoms with Crippen LogP contribution in [0.3, 0.4) is 0 Å². The maximum absolute atomic E-state index is 12.1. The van der Waals surface area contributed by atoms with Gasteiger partial charge in [-0.15, -0.1) is 0 Å². The van der Waals surface area contributed by atoms with Gasteiger partial charge >= 0.3 is 0 Å². The van der Waals surface area contributed by atoms with Crippen molar-refractivity contribution in [3.8, 4) is 0 Å². The Hall–Kier alpha value is -0.130. The van der Waals surface area contributed by atoms with Gasteiger partial charge in [-0.05, 0) is 24.7 Å². The SMILES string of the molecule is CC(C)CS(=O)(=O)N1CCC(C)CC1CN. The molecular formula is C11H24N2O2S. The van der Waals surface area contributed by atoms with E-state index in [9.17, 15) is 8.42 Å². The van der Waals surface area contributed by atoms with E-state index < -0.39 is 10.0 Å². The van der Waals surface area contributed by atoms with Gasteiger partial charge in [-0.1, -0.05) is 20.8 Å². The van der Waals surface area contributed by atoms with Gasteiger partial charge in [-0.25, -0.2) is 8.42 Å². The summed E-state index contributed by atoms with van der Waals surface area (Å²) in [5.41, 5.74) is 5.68. The van der Waals surface area contributed by atoms with E-state index in [1.807, 2.05) is 13.8 Å². The molecule has 2 atom stereocenters. The summed E-state index contributed by atoms with van der Waals surface area (Å²) in [6.45, 7) is 7.10. The molecule has 0 saturated carbocycles. The van der Waals surface area contributed by atoms with E-state index in [1.165, 1.54) is 0 Å². The van der Waals surface area contributed by atoms with Gasteiger partial charge in [-0.2, -0.15) is 4.31 Å². The molecule has 1 heterocycles. The normalized spacial score (nSPS) is 28.6. The zero-order valence-corrected chi connectivity index (χ0v) is 11.3. The van der Waals surface area contributed by atoms with Crippen molar-refractivity contribution in [2.45, 2.75) is 39.7 Å². The molecule has 0 aliphatic carbocycles. The van der Waals surface area contributed by atoms with E-state index in [1.54, 1.807) is 4.31 Å². The predicted octanol–water partition coefficient (Wildman–Crippen LogP) is 1.03. The first-order valence-electron chi connectivity index (χ1n) is 6.06. The first kappa shape index (κ1) is 13.9. The Bertz CT molecular complexity index is 314. The Balaban J connectivity index is 2.77. The van der Waals surface area contributed by atoms with Crippen LogP contribution in [0.1, 0.15) is 33.6 Å². The van der Waals surface area contributed by atoms with Crippen molar-refractivity contribution in [3.63, 3.8) is 0 Å². The standard InChI is InChI=1S/C11H24N2O2S/c1-9(2)8-16(14,15)13-5-4-10(3)6-11(13)7-12/h9-11H,4-8,12H2,1-3H3. The third-order valence-electron chi connectivity index (χ3n) is 3.10. The van der Waals surface area contributed by atoms with Crippen molar-refractivity contribution in [1.29, 1.82) is 0 Å². The van der Waals surface area contributed by atoms with Crippen molar-refractivity contribution >= 4 is 10.0 Å². The number of nitrogens with zero attached hydrogens (tertiary/aromatic N) is 1. The number of hydrogen-bond donors (Lipinski definition) is 1. The van der Waals surface area contributed by atoms with Gasteiger partial charge in [0, 0.05) is 19.1 Å². The van der Waals surface area contributed by atoms with Gasteiger partial charge in [0.2, 0.25) is 10.0 Å². The highest BCUT2D eigenvalue weighted by atomic mass is 32.2. The average Bonchev–Trinajstić information content (AvgIpc) is 2.15. The topological polar surface area (TPSA) is 63.4 Å². The van der Waals surface area contributed by atoms with Crippen LogP contribution in [0.5, 0.6) is 0 Å². The van der Waals surface area contributed by atoms with E-state index >= 15 is 0 Å². The molecule has 5 heteroatoms. The van der Waals surface area contributed by atoms with Gasteiger partial charge in [0.25, 0.3) is 0 Å². The summed E-state index contributed by atoms with van der Waals surface area (Å²) in [4.78, 5) is 0. The van der Waals surface area contributed by atoms with Crippen molar-refractivity contribution in [1.82, 2.24) is 4.31 Å². The molecule has 1 fully saturated rings. The molecule has 96 valence electrons. The lowest BCUT2D eigenvalue weighted by atomic mass is 9.94. The molecule has 1 rings (SSSR count). The molecule has 0 aromatic heterocycles. The minimum absolute atomic E-state index is 0.00694. The number of piperidine rings is 1. The molecule has 1 aliphatic heterocycles. The lowest BCUT2D eigenvalue weighted by molar-refractivity contribution is 0.210. The zero-order chi connectivity index (χ0) is 12.3. The lowest BCUT2D eigenvalue weighted by Gasteiger charge is -2.37. The van der Waals surface area contributed by atoms with Gasteiger partial charge in [0.15, 0.2) is 0 Å². The fourth-order valence-corrected chi connectivity index (χ4v) is 4.37. The second-order valence-electron chi connectivity index (χ2n) is 5.30. The summed E-state index contributed by atoms with van der Waals surface area (Å²) in [5.74, 6) is 0.986. The maximum atomic E-state index is 12.1. The van der Waals surface area contributed by atoms with Gasteiger partial charge < -0.3 is 5.73 Å². The summed E-state index contributed by atoms with van der Waals surface area (Å²) < 4.78 is 25.9. The van der Waals surface area contributed by atoms with Gasteiger partial charge in [0.1, 0.15) is 0 Å².